The van der Waals surface area contributed by atoms with Gasteiger partial charge < -0.3 is 25.6 Å². The predicted molar refractivity (Wildman–Crippen MR) is 124 cm³/mol. The van der Waals surface area contributed by atoms with Crippen molar-refractivity contribution >= 4 is 30.1 Å². The molecular formula is C21H31ClN8O. The van der Waals surface area contributed by atoms with Crippen molar-refractivity contribution in [2.45, 2.75) is 38.8 Å². The molecule has 0 spiro atoms. The Morgan fingerprint density at radius 2 is 1.97 bits per heavy atom. The lowest BCUT2D eigenvalue weighted by Gasteiger charge is -2.40. The average molecular weight is 447 g/mol. The number of halogens is 1. The van der Waals surface area contributed by atoms with E-state index in [1.165, 1.54) is 5.56 Å². The van der Waals surface area contributed by atoms with Crippen molar-refractivity contribution in [1.82, 2.24) is 25.3 Å². The Hall–Kier alpha value is -2.23. The van der Waals surface area contributed by atoms with Crippen molar-refractivity contribution in [1.29, 1.82) is 0 Å². The van der Waals surface area contributed by atoms with Gasteiger partial charge >= 0.3 is 0 Å². The van der Waals surface area contributed by atoms with Gasteiger partial charge in [-0.1, -0.05) is 6.92 Å². The van der Waals surface area contributed by atoms with Gasteiger partial charge in [-0.2, -0.15) is 4.98 Å². The Bertz CT molecular complexity index is 942. The van der Waals surface area contributed by atoms with E-state index >= 15 is 0 Å². The summed E-state index contributed by atoms with van der Waals surface area (Å²) in [6.07, 6.45) is 4.44. The first-order valence-electron chi connectivity index (χ1n) is 10.8. The molecule has 2 aromatic heterocycles. The molecule has 0 radical (unpaired) electrons. The highest BCUT2D eigenvalue weighted by Crippen LogP contribution is 2.41. The number of rotatable bonds is 3. The van der Waals surface area contributed by atoms with Gasteiger partial charge in [0, 0.05) is 49.7 Å². The third-order valence-electron chi connectivity index (χ3n) is 7.00. The fourth-order valence-corrected chi connectivity index (χ4v) is 4.89. The lowest BCUT2D eigenvalue weighted by Crippen LogP contribution is -2.51. The molecule has 9 nitrogen and oxygen atoms in total. The number of nitrogens with zero attached hydrogens (tertiary/aromatic N) is 6. The van der Waals surface area contributed by atoms with Crippen molar-refractivity contribution in [3.63, 3.8) is 0 Å². The van der Waals surface area contributed by atoms with Crippen LogP contribution in [0.2, 0.25) is 0 Å². The third-order valence-corrected chi connectivity index (χ3v) is 7.00. The number of anilines is 3. The van der Waals surface area contributed by atoms with Crippen molar-refractivity contribution in [2.24, 2.45) is 5.92 Å². The summed E-state index contributed by atoms with van der Waals surface area (Å²) >= 11 is 0. The van der Waals surface area contributed by atoms with Crippen LogP contribution < -0.4 is 20.9 Å². The minimum absolute atomic E-state index is 0. The van der Waals surface area contributed by atoms with Crippen LogP contribution in [0.4, 0.5) is 17.7 Å². The van der Waals surface area contributed by atoms with E-state index in [1.54, 1.807) is 12.4 Å². The van der Waals surface area contributed by atoms with Gasteiger partial charge in [0.05, 0.1) is 30.5 Å². The van der Waals surface area contributed by atoms with Crippen LogP contribution in [-0.4, -0.2) is 70.9 Å². The normalized spacial score (nSPS) is 27.8. The molecule has 5 rings (SSSR count). The van der Waals surface area contributed by atoms with Gasteiger partial charge in [0.15, 0.2) is 0 Å². The van der Waals surface area contributed by atoms with Gasteiger partial charge in [-0.15, -0.1) is 12.4 Å². The maximum atomic E-state index is 5.73. The number of morpholine rings is 1. The van der Waals surface area contributed by atoms with Crippen LogP contribution in [0.15, 0.2) is 12.4 Å². The summed E-state index contributed by atoms with van der Waals surface area (Å²) in [5.74, 6) is 2.60. The number of nitrogens with one attached hydrogen (secondary N) is 1. The zero-order chi connectivity index (χ0) is 20.9. The number of ether oxygens (including phenoxy) is 1. The van der Waals surface area contributed by atoms with Gasteiger partial charge in [-0.25, -0.2) is 15.0 Å². The van der Waals surface area contributed by atoms with Gasteiger partial charge in [-0.05, 0) is 26.2 Å². The molecule has 168 valence electrons. The first-order chi connectivity index (χ1) is 14.5. The SMILES string of the molecule is C[C@@H]1CNC[C@]1(C)N1CCc2c(-c3cnc(N)nc3)nc(N3CCOC[C@@H]3C)nc21.Cl. The number of hydrogen-bond donors (Lipinski definition) is 2. The average Bonchev–Trinajstić information content (AvgIpc) is 3.32. The molecule has 2 saturated heterocycles. The van der Waals surface area contributed by atoms with Crippen LogP contribution in [0.3, 0.4) is 0 Å². The molecule has 5 heterocycles. The Morgan fingerprint density at radius 3 is 2.65 bits per heavy atom. The van der Waals surface area contributed by atoms with Gasteiger partial charge in [-0.3, -0.25) is 0 Å². The summed E-state index contributed by atoms with van der Waals surface area (Å²) < 4.78 is 5.64. The van der Waals surface area contributed by atoms with Crippen LogP contribution in [0.1, 0.15) is 26.3 Å². The summed E-state index contributed by atoms with van der Waals surface area (Å²) in [6.45, 7) is 11.9. The van der Waals surface area contributed by atoms with Gasteiger partial charge in [0.25, 0.3) is 0 Å². The Morgan fingerprint density at radius 1 is 1.19 bits per heavy atom. The minimum atomic E-state index is 0. The lowest BCUT2D eigenvalue weighted by molar-refractivity contribution is 0.0981. The van der Waals surface area contributed by atoms with Crippen molar-refractivity contribution in [3.8, 4) is 11.3 Å². The highest BCUT2D eigenvalue weighted by molar-refractivity contribution is 5.85. The fraction of sp³-hybridized carbons (Fsp3) is 0.619. The predicted octanol–water partition coefficient (Wildman–Crippen LogP) is 1.52. The summed E-state index contributed by atoms with van der Waals surface area (Å²) in [5.41, 5.74) is 8.73. The van der Waals surface area contributed by atoms with Crippen LogP contribution in [-0.2, 0) is 11.2 Å². The molecule has 31 heavy (non-hydrogen) atoms. The molecule has 3 N–H and O–H groups in total. The lowest BCUT2D eigenvalue weighted by atomic mass is 9.89. The minimum Gasteiger partial charge on any atom is -0.377 e. The molecule has 2 fully saturated rings. The van der Waals surface area contributed by atoms with Crippen LogP contribution in [0.25, 0.3) is 11.3 Å². The van der Waals surface area contributed by atoms with E-state index in [9.17, 15) is 0 Å². The monoisotopic (exact) mass is 446 g/mol. The number of nitrogen functional groups attached to an aromatic ring is 1. The van der Waals surface area contributed by atoms with E-state index in [0.29, 0.717) is 19.1 Å². The maximum absolute atomic E-state index is 5.73. The molecule has 0 aliphatic carbocycles. The number of hydrogen-bond acceptors (Lipinski definition) is 9. The molecule has 3 atom stereocenters. The first-order valence-corrected chi connectivity index (χ1v) is 10.8. The summed E-state index contributed by atoms with van der Waals surface area (Å²) in [7, 11) is 0. The van der Waals surface area contributed by atoms with Crippen molar-refractivity contribution in [3.05, 3.63) is 18.0 Å². The Kier molecular flexibility index (Phi) is 5.93. The zero-order valence-electron chi connectivity index (χ0n) is 18.3. The van der Waals surface area contributed by atoms with E-state index in [-0.39, 0.29) is 29.9 Å². The second-order valence-electron chi connectivity index (χ2n) is 8.91. The van der Waals surface area contributed by atoms with E-state index < -0.39 is 0 Å². The van der Waals surface area contributed by atoms with E-state index in [1.807, 2.05) is 0 Å². The molecule has 3 aliphatic heterocycles. The summed E-state index contributed by atoms with van der Waals surface area (Å²) in [5, 5.41) is 3.56. The molecule has 0 aromatic carbocycles. The topological polar surface area (TPSA) is 105 Å². The quantitative estimate of drug-likeness (QED) is 0.725. The summed E-state index contributed by atoms with van der Waals surface area (Å²) in [6, 6.07) is 0.227. The zero-order valence-corrected chi connectivity index (χ0v) is 19.2. The Balaban J connectivity index is 0.00000231. The van der Waals surface area contributed by atoms with Gasteiger partial charge in [0.1, 0.15) is 5.82 Å². The molecule has 3 aliphatic rings. The van der Waals surface area contributed by atoms with E-state index in [0.717, 1.165) is 55.6 Å². The van der Waals surface area contributed by atoms with Crippen LogP contribution >= 0.6 is 12.4 Å². The molecule has 2 aromatic rings. The van der Waals surface area contributed by atoms with Crippen LogP contribution in [0.5, 0.6) is 0 Å². The Labute approximate surface area is 189 Å². The number of nitrogens with two attached hydrogens (primary N) is 1. The van der Waals surface area contributed by atoms with Crippen molar-refractivity contribution < 1.29 is 4.74 Å². The van der Waals surface area contributed by atoms with Gasteiger partial charge in [0.2, 0.25) is 11.9 Å². The second-order valence-corrected chi connectivity index (χ2v) is 8.91. The second kappa shape index (κ2) is 8.37. The molecule has 0 amide bonds. The number of fused-ring (bicyclic) bond motifs is 1. The molecule has 0 saturated carbocycles. The molecular weight excluding hydrogens is 416 g/mol. The maximum Gasteiger partial charge on any atom is 0.228 e. The van der Waals surface area contributed by atoms with E-state index in [4.69, 9.17) is 20.4 Å². The first kappa shape index (κ1) is 22.0. The van der Waals surface area contributed by atoms with E-state index in [2.05, 4.69) is 45.9 Å². The highest BCUT2D eigenvalue weighted by atomic mass is 35.5. The highest BCUT2D eigenvalue weighted by Gasteiger charge is 2.45. The molecule has 10 heteroatoms. The number of aromatic nitrogens is 4. The fourth-order valence-electron chi connectivity index (χ4n) is 4.89. The van der Waals surface area contributed by atoms with Crippen molar-refractivity contribution in [2.75, 3.05) is 54.9 Å². The standard InChI is InChI=1S/C21H30N8O.ClH/c1-13-8-23-12-21(13,3)29-5-4-16-17(15-9-24-19(22)25-10-15)26-20(27-18(16)29)28-6-7-30-11-14(28)2;/h9-10,13-14,23H,4-8,11-12H2,1-3H3,(H2,22,24,25);1H/t13-,14+,21+;/m1./s1. The summed E-state index contributed by atoms with van der Waals surface area (Å²) in [4.78, 5) is 23.3. The van der Waals surface area contributed by atoms with Crippen LogP contribution in [0, 0.1) is 5.92 Å². The third kappa shape index (κ3) is 3.68. The largest absolute Gasteiger partial charge is 0.377 e. The molecule has 0 bridgehead atoms. The molecule has 0 unspecified atom stereocenters. The smallest absolute Gasteiger partial charge is 0.228 e.